The third-order valence-corrected chi connectivity index (χ3v) is 8.48. The second-order valence-electron chi connectivity index (χ2n) is 8.85. The minimum absolute atomic E-state index is 0.00192. The SMILES string of the molecule is O=C(CN1CCC[C@@H]1c1nnc2ccccn12)N(C[C@@H]1CCCO1)[C@H]1CCS(=O)(=O)C1. The minimum Gasteiger partial charge on any atom is -0.376 e. The summed E-state index contributed by atoms with van der Waals surface area (Å²) in [5, 5.41) is 8.67. The van der Waals surface area contributed by atoms with Gasteiger partial charge in [-0.1, -0.05) is 6.07 Å². The number of ether oxygens (including phenoxy) is 1. The minimum atomic E-state index is -3.08. The summed E-state index contributed by atoms with van der Waals surface area (Å²) in [5.74, 6) is 1.06. The van der Waals surface area contributed by atoms with Crippen LogP contribution in [0.1, 0.15) is 44.0 Å². The van der Waals surface area contributed by atoms with Crippen molar-refractivity contribution < 1.29 is 17.9 Å². The zero-order valence-corrected chi connectivity index (χ0v) is 18.4. The molecule has 2 aromatic heterocycles. The molecule has 0 unspecified atom stereocenters. The van der Waals surface area contributed by atoms with Crippen molar-refractivity contribution in [3.05, 3.63) is 30.2 Å². The highest BCUT2D eigenvalue weighted by atomic mass is 32.2. The Balaban J connectivity index is 1.34. The summed E-state index contributed by atoms with van der Waals surface area (Å²) < 4.78 is 31.9. The van der Waals surface area contributed by atoms with Crippen molar-refractivity contribution in [3.63, 3.8) is 0 Å². The van der Waals surface area contributed by atoms with Gasteiger partial charge in [-0.05, 0) is 50.8 Å². The molecule has 5 heterocycles. The van der Waals surface area contributed by atoms with E-state index in [1.165, 1.54) is 0 Å². The molecule has 1 amide bonds. The van der Waals surface area contributed by atoms with Gasteiger partial charge < -0.3 is 9.64 Å². The molecule has 0 radical (unpaired) electrons. The molecule has 2 aromatic rings. The molecule has 168 valence electrons. The van der Waals surface area contributed by atoms with Crippen LogP contribution in [-0.2, 0) is 19.4 Å². The fourth-order valence-electron chi connectivity index (χ4n) is 5.14. The molecule has 0 aliphatic carbocycles. The quantitative estimate of drug-likeness (QED) is 0.653. The summed E-state index contributed by atoms with van der Waals surface area (Å²) >= 11 is 0. The highest BCUT2D eigenvalue weighted by Crippen LogP contribution is 2.31. The zero-order valence-electron chi connectivity index (χ0n) is 17.6. The van der Waals surface area contributed by atoms with Gasteiger partial charge in [0.15, 0.2) is 21.3 Å². The number of carbonyl (C=O) groups excluding carboxylic acids is 1. The molecule has 3 atom stereocenters. The number of pyridine rings is 1. The molecule has 3 aliphatic rings. The number of hydrogen-bond acceptors (Lipinski definition) is 7. The van der Waals surface area contributed by atoms with Crippen LogP contribution in [0, 0.1) is 0 Å². The molecule has 3 saturated heterocycles. The Morgan fingerprint density at radius 2 is 2.10 bits per heavy atom. The topological polar surface area (TPSA) is 97.1 Å². The van der Waals surface area contributed by atoms with Crippen LogP contribution < -0.4 is 0 Å². The standard InChI is InChI=1S/C21H29N5O4S/c27-20(26(13-17-5-4-11-30-17)16-8-12-31(28,29)15-16)14-24-9-3-6-18(24)21-23-22-19-7-1-2-10-25(19)21/h1-2,7,10,16-18H,3-6,8-9,11-15H2/t16-,17-,18+/m0/s1. The van der Waals surface area contributed by atoms with Gasteiger partial charge in [0.2, 0.25) is 5.91 Å². The summed E-state index contributed by atoms with van der Waals surface area (Å²) in [5.41, 5.74) is 0.798. The van der Waals surface area contributed by atoms with E-state index in [4.69, 9.17) is 4.74 Å². The number of rotatable bonds is 6. The van der Waals surface area contributed by atoms with Gasteiger partial charge in [0.05, 0.1) is 30.2 Å². The van der Waals surface area contributed by atoms with Gasteiger partial charge >= 0.3 is 0 Å². The van der Waals surface area contributed by atoms with E-state index >= 15 is 0 Å². The first kappa shape index (κ1) is 20.8. The summed E-state index contributed by atoms with van der Waals surface area (Å²) in [4.78, 5) is 17.4. The number of nitrogens with zero attached hydrogens (tertiary/aromatic N) is 5. The molecule has 0 aromatic carbocycles. The van der Waals surface area contributed by atoms with E-state index in [-0.39, 0.29) is 42.1 Å². The maximum Gasteiger partial charge on any atom is 0.237 e. The largest absolute Gasteiger partial charge is 0.376 e. The Bertz CT molecular complexity index is 1050. The monoisotopic (exact) mass is 447 g/mol. The molecule has 0 bridgehead atoms. The molecule has 31 heavy (non-hydrogen) atoms. The Morgan fingerprint density at radius 3 is 2.87 bits per heavy atom. The fourth-order valence-corrected chi connectivity index (χ4v) is 6.87. The second kappa shape index (κ2) is 8.48. The Labute approximate surface area is 182 Å². The first-order valence-electron chi connectivity index (χ1n) is 11.2. The lowest BCUT2D eigenvalue weighted by molar-refractivity contribution is -0.136. The summed E-state index contributed by atoms with van der Waals surface area (Å²) in [6.45, 7) is 2.26. The van der Waals surface area contributed by atoms with Crippen LogP contribution in [0.3, 0.4) is 0 Å². The molecule has 3 aliphatic heterocycles. The normalized spacial score (nSPS) is 28.5. The number of hydrogen-bond donors (Lipinski definition) is 0. The van der Waals surface area contributed by atoms with E-state index in [1.807, 2.05) is 28.8 Å². The van der Waals surface area contributed by atoms with E-state index in [0.717, 1.165) is 43.7 Å². The third-order valence-electron chi connectivity index (χ3n) is 6.73. The van der Waals surface area contributed by atoms with Crippen molar-refractivity contribution in [2.75, 3.05) is 37.7 Å². The maximum absolute atomic E-state index is 13.5. The molecule has 0 spiro atoms. The summed E-state index contributed by atoms with van der Waals surface area (Å²) in [6.07, 6.45) is 6.29. The van der Waals surface area contributed by atoms with Crippen molar-refractivity contribution in [2.24, 2.45) is 0 Å². The number of sulfone groups is 1. The first-order valence-corrected chi connectivity index (χ1v) is 13.0. The van der Waals surface area contributed by atoms with Gasteiger partial charge in [-0.25, -0.2) is 8.42 Å². The Kier molecular flexibility index (Phi) is 5.70. The van der Waals surface area contributed by atoms with Crippen molar-refractivity contribution in [1.82, 2.24) is 24.4 Å². The van der Waals surface area contributed by atoms with Crippen LogP contribution in [0.25, 0.3) is 5.65 Å². The average Bonchev–Trinajstić information content (AvgIpc) is 3.53. The zero-order chi connectivity index (χ0) is 21.4. The molecule has 5 rings (SSSR count). The number of aromatic nitrogens is 3. The van der Waals surface area contributed by atoms with Gasteiger partial charge in [-0.2, -0.15) is 0 Å². The molecule has 9 nitrogen and oxygen atoms in total. The van der Waals surface area contributed by atoms with Crippen LogP contribution in [0.15, 0.2) is 24.4 Å². The smallest absolute Gasteiger partial charge is 0.237 e. The number of amides is 1. The number of fused-ring (bicyclic) bond motifs is 1. The Hall–Kier alpha value is -2.04. The maximum atomic E-state index is 13.5. The van der Waals surface area contributed by atoms with Gasteiger partial charge in [0.25, 0.3) is 0 Å². The van der Waals surface area contributed by atoms with E-state index in [1.54, 1.807) is 4.90 Å². The Morgan fingerprint density at radius 1 is 1.19 bits per heavy atom. The van der Waals surface area contributed by atoms with Crippen LogP contribution in [0.5, 0.6) is 0 Å². The van der Waals surface area contributed by atoms with Crippen LogP contribution in [0.2, 0.25) is 0 Å². The van der Waals surface area contributed by atoms with E-state index in [9.17, 15) is 13.2 Å². The molecule has 3 fully saturated rings. The van der Waals surface area contributed by atoms with E-state index in [2.05, 4.69) is 15.1 Å². The van der Waals surface area contributed by atoms with Gasteiger partial charge in [-0.3, -0.25) is 14.1 Å². The molecule has 10 heteroatoms. The van der Waals surface area contributed by atoms with Crippen molar-refractivity contribution >= 4 is 21.4 Å². The molecular weight excluding hydrogens is 418 g/mol. The number of likely N-dealkylation sites (tertiary alicyclic amines) is 1. The highest BCUT2D eigenvalue weighted by Gasteiger charge is 2.38. The lowest BCUT2D eigenvalue weighted by Crippen LogP contribution is -2.49. The van der Waals surface area contributed by atoms with Crippen LogP contribution in [0.4, 0.5) is 0 Å². The van der Waals surface area contributed by atoms with Crippen molar-refractivity contribution in [2.45, 2.75) is 50.3 Å². The van der Waals surface area contributed by atoms with Gasteiger partial charge in [0.1, 0.15) is 0 Å². The molecule has 0 saturated carbocycles. The lowest BCUT2D eigenvalue weighted by Gasteiger charge is -2.33. The van der Waals surface area contributed by atoms with Crippen LogP contribution in [-0.4, -0.2) is 88.6 Å². The second-order valence-corrected chi connectivity index (χ2v) is 11.1. The molecular formula is C21H29N5O4S. The molecule has 0 N–H and O–H groups in total. The van der Waals surface area contributed by atoms with E-state index in [0.29, 0.717) is 19.6 Å². The first-order chi connectivity index (χ1) is 15.0. The summed E-state index contributed by atoms with van der Waals surface area (Å²) in [7, 11) is -3.08. The van der Waals surface area contributed by atoms with Crippen molar-refractivity contribution in [3.8, 4) is 0 Å². The highest BCUT2D eigenvalue weighted by molar-refractivity contribution is 7.91. The summed E-state index contributed by atoms with van der Waals surface area (Å²) in [6, 6.07) is 5.58. The predicted molar refractivity (Wildman–Crippen MR) is 114 cm³/mol. The van der Waals surface area contributed by atoms with Gasteiger partial charge in [-0.15, -0.1) is 10.2 Å². The lowest BCUT2D eigenvalue weighted by atomic mass is 10.1. The predicted octanol–water partition coefficient (Wildman–Crippen LogP) is 1.06. The average molecular weight is 448 g/mol. The third kappa shape index (κ3) is 4.33. The van der Waals surface area contributed by atoms with Crippen LogP contribution >= 0.6 is 0 Å². The number of carbonyl (C=O) groups is 1. The van der Waals surface area contributed by atoms with Gasteiger partial charge in [0, 0.05) is 25.4 Å². The van der Waals surface area contributed by atoms with E-state index < -0.39 is 9.84 Å². The van der Waals surface area contributed by atoms with Crippen molar-refractivity contribution in [1.29, 1.82) is 0 Å². The fraction of sp³-hybridized carbons (Fsp3) is 0.667.